The average Bonchev–Trinajstić information content (AvgIpc) is 2.79. The van der Waals surface area contributed by atoms with Gasteiger partial charge in [-0.2, -0.15) is 4.31 Å². The first kappa shape index (κ1) is 21.8. The molecule has 1 N–H and O–H groups in total. The maximum Gasteiger partial charge on any atom is 0.243 e. The molecule has 0 aromatic heterocycles. The van der Waals surface area contributed by atoms with Gasteiger partial charge in [-0.3, -0.25) is 4.79 Å². The number of hydrogen-bond acceptors (Lipinski definition) is 5. The molecule has 1 amide bonds. The molecule has 3 aromatic carbocycles. The molecule has 1 aliphatic rings. The summed E-state index contributed by atoms with van der Waals surface area (Å²) in [7, 11) is -3.61. The van der Waals surface area contributed by atoms with E-state index in [0.29, 0.717) is 32.0 Å². The van der Waals surface area contributed by atoms with Gasteiger partial charge in [-0.1, -0.05) is 36.4 Å². The molecule has 1 heterocycles. The zero-order valence-electron chi connectivity index (χ0n) is 17.2. The largest absolute Gasteiger partial charge is 0.379 e. The van der Waals surface area contributed by atoms with E-state index in [9.17, 15) is 13.2 Å². The van der Waals surface area contributed by atoms with Crippen LogP contribution in [0.4, 0.5) is 5.69 Å². The third-order valence-electron chi connectivity index (χ3n) is 5.11. The molecule has 0 saturated carbocycles. The molecule has 1 fully saturated rings. The molecule has 0 spiro atoms. The highest BCUT2D eigenvalue weighted by Crippen LogP contribution is 2.28. The summed E-state index contributed by atoms with van der Waals surface area (Å²) < 4.78 is 32.4. The average molecular weight is 457 g/mol. The zero-order valence-corrected chi connectivity index (χ0v) is 18.8. The number of sulfonamides is 1. The van der Waals surface area contributed by atoms with E-state index in [1.807, 2.05) is 37.3 Å². The quantitative estimate of drug-likeness (QED) is 0.568. The first-order valence-electron chi connectivity index (χ1n) is 10.1. The van der Waals surface area contributed by atoms with E-state index in [1.54, 1.807) is 18.2 Å². The van der Waals surface area contributed by atoms with Crippen LogP contribution in [0.25, 0.3) is 10.8 Å². The minimum absolute atomic E-state index is 0.169. The van der Waals surface area contributed by atoms with Crippen LogP contribution in [0.15, 0.2) is 76.5 Å². The van der Waals surface area contributed by atoms with Crippen molar-refractivity contribution in [3.63, 3.8) is 0 Å². The molecule has 31 heavy (non-hydrogen) atoms. The summed E-state index contributed by atoms with van der Waals surface area (Å²) in [4.78, 5) is 13.9. The van der Waals surface area contributed by atoms with E-state index in [4.69, 9.17) is 4.74 Å². The van der Waals surface area contributed by atoms with Crippen LogP contribution < -0.4 is 5.32 Å². The lowest BCUT2D eigenvalue weighted by Gasteiger charge is -2.26. The number of carbonyl (C=O) groups is 1. The summed E-state index contributed by atoms with van der Waals surface area (Å²) in [5.41, 5.74) is 0.463. The first-order chi connectivity index (χ1) is 14.9. The maximum absolute atomic E-state index is 12.9. The van der Waals surface area contributed by atoms with Crippen LogP contribution in [-0.2, 0) is 19.6 Å². The van der Waals surface area contributed by atoms with Gasteiger partial charge >= 0.3 is 0 Å². The van der Waals surface area contributed by atoms with E-state index in [1.165, 1.54) is 22.1 Å². The molecule has 162 valence electrons. The Morgan fingerprint density at radius 2 is 1.74 bits per heavy atom. The van der Waals surface area contributed by atoms with Crippen LogP contribution in [0.2, 0.25) is 0 Å². The zero-order chi connectivity index (χ0) is 21.8. The van der Waals surface area contributed by atoms with Crippen LogP contribution >= 0.6 is 11.8 Å². The van der Waals surface area contributed by atoms with Crippen molar-refractivity contribution in [2.24, 2.45) is 0 Å². The van der Waals surface area contributed by atoms with Crippen LogP contribution in [0, 0.1) is 0 Å². The van der Waals surface area contributed by atoms with Gasteiger partial charge in [-0.05, 0) is 48.0 Å². The van der Waals surface area contributed by atoms with Gasteiger partial charge in [-0.25, -0.2) is 8.42 Å². The second kappa shape index (κ2) is 9.40. The van der Waals surface area contributed by atoms with E-state index in [2.05, 4.69) is 17.4 Å². The predicted molar refractivity (Wildman–Crippen MR) is 124 cm³/mol. The van der Waals surface area contributed by atoms with Crippen molar-refractivity contribution in [2.75, 3.05) is 31.6 Å². The highest BCUT2D eigenvalue weighted by atomic mass is 32.2. The van der Waals surface area contributed by atoms with Crippen LogP contribution in [0.1, 0.15) is 6.92 Å². The fourth-order valence-corrected chi connectivity index (χ4v) is 5.78. The Hall–Kier alpha value is -2.39. The standard InChI is InChI=1S/C23H24N2O4S2/c1-17(30-21-10-9-18-5-2-3-6-19(18)15-21)23(26)24-20-7-4-8-22(16-20)31(27,28)25-11-13-29-14-12-25/h2-10,15-17H,11-14H2,1H3,(H,24,26)/t17-/m0/s1. The van der Waals surface area contributed by atoms with Crippen molar-refractivity contribution in [1.29, 1.82) is 0 Å². The third kappa shape index (κ3) is 5.10. The van der Waals surface area contributed by atoms with Crippen molar-refractivity contribution < 1.29 is 17.9 Å². The predicted octanol–water partition coefficient (Wildman–Crippen LogP) is 3.98. The molecule has 1 atom stereocenters. The van der Waals surface area contributed by atoms with Crippen LogP contribution in [0.5, 0.6) is 0 Å². The third-order valence-corrected chi connectivity index (χ3v) is 8.10. The van der Waals surface area contributed by atoms with Gasteiger partial charge in [0.25, 0.3) is 0 Å². The lowest BCUT2D eigenvalue weighted by Crippen LogP contribution is -2.40. The van der Waals surface area contributed by atoms with Crippen molar-refractivity contribution in [2.45, 2.75) is 22.0 Å². The Bertz CT molecular complexity index is 1190. The number of carbonyl (C=O) groups excluding carboxylic acids is 1. The molecule has 0 aliphatic carbocycles. The fraction of sp³-hybridized carbons (Fsp3) is 0.261. The second-order valence-corrected chi connectivity index (χ2v) is 10.7. The topological polar surface area (TPSA) is 75.7 Å². The van der Waals surface area contributed by atoms with Gasteiger partial charge in [0.1, 0.15) is 0 Å². The van der Waals surface area contributed by atoms with E-state index in [0.717, 1.165) is 15.7 Å². The van der Waals surface area contributed by atoms with Gasteiger partial charge in [-0.15, -0.1) is 11.8 Å². The highest BCUT2D eigenvalue weighted by molar-refractivity contribution is 8.00. The van der Waals surface area contributed by atoms with E-state index >= 15 is 0 Å². The molecular formula is C23H24N2O4S2. The number of fused-ring (bicyclic) bond motifs is 1. The number of nitrogens with zero attached hydrogens (tertiary/aromatic N) is 1. The van der Waals surface area contributed by atoms with E-state index < -0.39 is 10.0 Å². The number of ether oxygens (including phenoxy) is 1. The molecule has 0 bridgehead atoms. The lowest BCUT2D eigenvalue weighted by molar-refractivity contribution is -0.115. The number of rotatable bonds is 6. The number of hydrogen-bond donors (Lipinski definition) is 1. The Labute approximate surface area is 186 Å². The summed E-state index contributed by atoms with van der Waals surface area (Å²) in [5, 5.41) is 4.78. The summed E-state index contributed by atoms with van der Waals surface area (Å²) in [6.45, 7) is 3.28. The molecule has 0 radical (unpaired) electrons. The number of thioether (sulfide) groups is 1. The molecule has 0 unspecified atom stereocenters. The molecule has 1 aliphatic heterocycles. The summed E-state index contributed by atoms with van der Waals surface area (Å²) >= 11 is 1.47. The molecule has 8 heteroatoms. The van der Waals surface area contributed by atoms with Crippen molar-refractivity contribution >= 4 is 44.2 Å². The minimum Gasteiger partial charge on any atom is -0.379 e. The second-order valence-electron chi connectivity index (χ2n) is 7.30. The summed E-state index contributed by atoms with van der Waals surface area (Å²) in [6.07, 6.45) is 0. The minimum atomic E-state index is -3.61. The Morgan fingerprint density at radius 1 is 1.00 bits per heavy atom. The van der Waals surface area contributed by atoms with Crippen LogP contribution in [0.3, 0.4) is 0 Å². The summed E-state index contributed by atoms with van der Waals surface area (Å²) in [6, 6.07) is 20.6. The molecular weight excluding hydrogens is 432 g/mol. The summed E-state index contributed by atoms with van der Waals surface area (Å²) in [5.74, 6) is -0.181. The lowest BCUT2D eigenvalue weighted by atomic mass is 10.1. The fourth-order valence-electron chi connectivity index (χ4n) is 3.41. The van der Waals surface area contributed by atoms with Crippen LogP contribution in [-0.4, -0.2) is 50.2 Å². The number of amides is 1. The van der Waals surface area contributed by atoms with Crippen molar-refractivity contribution in [1.82, 2.24) is 4.31 Å². The first-order valence-corrected chi connectivity index (χ1v) is 12.4. The van der Waals surface area contributed by atoms with Gasteiger partial charge < -0.3 is 10.1 Å². The number of nitrogens with one attached hydrogen (secondary N) is 1. The molecule has 1 saturated heterocycles. The molecule has 6 nitrogen and oxygen atoms in total. The van der Waals surface area contributed by atoms with E-state index in [-0.39, 0.29) is 16.1 Å². The maximum atomic E-state index is 12.9. The van der Waals surface area contributed by atoms with Gasteiger partial charge in [0.05, 0.1) is 23.4 Å². The van der Waals surface area contributed by atoms with Crippen molar-refractivity contribution in [3.8, 4) is 0 Å². The van der Waals surface area contributed by atoms with Crippen molar-refractivity contribution in [3.05, 3.63) is 66.7 Å². The van der Waals surface area contributed by atoms with Gasteiger partial charge in [0, 0.05) is 23.7 Å². The number of morpholine rings is 1. The monoisotopic (exact) mass is 456 g/mol. The molecule has 4 rings (SSSR count). The Morgan fingerprint density at radius 3 is 2.52 bits per heavy atom. The normalized spacial score (nSPS) is 16.2. The van der Waals surface area contributed by atoms with Gasteiger partial charge in [0.15, 0.2) is 0 Å². The Kier molecular flexibility index (Phi) is 6.62. The highest BCUT2D eigenvalue weighted by Gasteiger charge is 2.26. The number of anilines is 1. The number of benzene rings is 3. The Balaban J connectivity index is 1.44. The SMILES string of the molecule is C[C@H](Sc1ccc2ccccc2c1)C(=O)Nc1cccc(S(=O)(=O)N2CCOCC2)c1. The smallest absolute Gasteiger partial charge is 0.243 e. The van der Waals surface area contributed by atoms with Gasteiger partial charge in [0.2, 0.25) is 15.9 Å². The molecule has 3 aromatic rings.